The fraction of sp³-hybridized carbons (Fsp3) is 0.333. The first kappa shape index (κ1) is 20.1. The number of hydrogen-bond acceptors (Lipinski definition) is 7. The van der Waals surface area contributed by atoms with Gasteiger partial charge in [0.05, 0.1) is 11.3 Å². The van der Waals surface area contributed by atoms with Gasteiger partial charge in [-0.05, 0) is 26.9 Å². The van der Waals surface area contributed by atoms with Crippen LogP contribution in [0.3, 0.4) is 0 Å². The Hall–Kier alpha value is -3.17. The molecular weight excluding hydrogens is 399 g/mol. The molecule has 2 bridgehead atoms. The zero-order chi connectivity index (χ0) is 21.6. The predicted octanol–water partition coefficient (Wildman–Crippen LogP) is 2.95. The molecule has 3 aromatic rings. The van der Waals surface area contributed by atoms with E-state index in [1.165, 1.54) is 4.68 Å². The predicted molar refractivity (Wildman–Crippen MR) is 115 cm³/mol. The molecule has 1 aromatic carbocycles. The van der Waals surface area contributed by atoms with Crippen molar-refractivity contribution in [2.75, 3.05) is 18.6 Å². The van der Waals surface area contributed by atoms with E-state index < -0.39 is 13.2 Å². The molecule has 154 valence electrons. The van der Waals surface area contributed by atoms with Crippen LogP contribution in [0.15, 0.2) is 24.3 Å². The van der Waals surface area contributed by atoms with Crippen molar-refractivity contribution in [1.82, 2.24) is 20.0 Å². The highest BCUT2D eigenvalue weighted by Crippen LogP contribution is 2.44. The van der Waals surface area contributed by atoms with Gasteiger partial charge in [0.1, 0.15) is 30.7 Å². The van der Waals surface area contributed by atoms with Gasteiger partial charge in [-0.15, -0.1) is 10.2 Å². The number of aromatic nitrogens is 4. The Morgan fingerprint density at radius 1 is 1.33 bits per heavy atom. The molecule has 2 atom stereocenters. The lowest BCUT2D eigenvalue weighted by molar-refractivity contribution is 0.228. The summed E-state index contributed by atoms with van der Waals surface area (Å²) in [7, 11) is -1.03. The molecule has 2 N–H and O–H groups in total. The van der Waals surface area contributed by atoms with E-state index in [0.717, 1.165) is 16.4 Å². The fourth-order valence-corrected chi connectivity index (χ4v) is 5.94. The number of nitrogen functional groups attached to an aromatic ring is 1. The second kappa shape index (κ2) is 7.26. The van der Waals surface area contributed by atoms with Gasteiger partial charge in [0.15, 0.2) is 11.6 Å². The molecule has 9 heteroatoms. The van der Waals surface area contributed by atoms with Crippen molar-refractivity contribution in [2.45, 2.75) is 26.4 Å². The normalized spacial score (nSPS) is 20.7. The van der Waals surface area contributed by atoms with E-state index in [2.05, 4.69) is 21.4 Å². The van der Waals surface area contributed by atoms with Crippen LogP contribution in [0.5, 0.6) is 5.75 Å². The summed E-state index contributed by atoms with van der Waals surface area (Å²) < 4.78 is 21.5. The number of rotatable bonds is 0. The van der Waals surface area contributed by atoms with Gasteiger partial charge in [-0.3, -0.25) is 4.68 Å². The van der Waals surface area contributed by atoms with E-state index in [0.29, 0.717) is 41.0 Å². The van der Waals surface area contributed by atoms with Gasteiger partial charge < -0.3 is 15.0 Å². The summed E-state index contributed by atoms with van der Waals surface area (Å²) in [5.74, 6) is 0.519. The first-order valence-electron chi connectivity index (χ1n) is 9.65. The summed E-state index contributed by atoms with van der Waals surface area (Å²) in [4.78, 5) is 0. The van der Waals surface area contributed by atoms with E-state index in [4.69, 9.17) is 10.5 Å². The maximum absolute atomic E-state index is 13.8. The molecule has 0 aliphatic carbocycles. The highest BCUT2D eigenvalue weighted by atomic mass is 31.2. The van der Waals surface area contributed by atoms with Crippen molar-refractivity contribution in [3.63, 3.8) is 0 Å². The number of aryl methyl sites for hydroxylation is 3. The molecule has 0 spiro atoms. The van der Waals surface area contributed by atoms with E-state index in [1.54, 1.807) is 19.8 Å². The van der Waals surface area contributed by atoms with Crippen molar-refractivity contribution < 1.29 is 9.30 Å². The van der Waals surface area contributed by atoms with E-state index >= 15 is 0 Å². The summed E-state index contributed by atoms with van der Waals surface area (Å²) in [5, 5.41) is 23.2. The molecular formula is C21H23N6O2P. The van der Waals surface area contributed by atoms with Crippen LogP contribution >= 0.6 is 7.14 Å². The van der Waals surface area contributed by atoms with Crippen LogP contribution in [0.2, 0.25) is 0 Å². The molecule has 8 nitrogen and oxygen atoms in total. The summed E-state index contributed by atoms with van der Waals surface area (Å²) in [5.41, 5.74) is 10.0. The third-order valence-electron chi connectivity index (χ3n) is 5.48. The number of nitrogens with zero attached hydrogens (tertiary/aromatic N) is 5. The Bertz CT molecular complexity index is 1240. The average Bonchev–Trinajstić information content (AvgIpc) is 3.02. The van der Waals surface area contributed by atoms with Crippen molar-refractivity contribution in [2.24, 2.45) is 7.05 Å². The maximum Gasteiger partial charge on any atom is 0.188 e. The lowest BCUT2D eigenvalue weighted by Gasteiger charge is -2.24. The van der Waals surface area contributed by atoms with Gasteiger partial charge in [0.25, 0.3) is 0 Å². The van der Waals surface area contributed by atoms with E-state index in [1.807, 2.05) is 32.0 Å². The molecule has 0 radical (unpaired) electrons. The van der Waals surface area contributed by atoms with Gasteiger partial charge >= 0.3 is 0 Å². The Kier molecular flexibility index (Phi) is 4.87. The van der Waals surface area contributed by atoms with Crippen molar-refractivity contribution >= 4 is 18.3 Å². The Balaban J connectivity index is 1.98. The second-order valence-electron chi connectivity index (χ2n) is 7.78. The van der Waals surface area contributed by atoms with Crippen molar-refractivity contribution in [1.29, 1.82) is 5.26 Å². The summed E-state index contributed by atoms with van der Waals surface area (Å²) >= 11 is 0. The van der Waals surface area contributed by atoms with Gasteiger partial charge in [0.2, 0.25) is 0 Å². The molecule has 30 heavy (non-hydrogen) atoms. The first-order valence-corrected chi connectivity index (χ1v) is 12.0. The minimum atomic E-state index is -2.73. The maximum atomic E-state index is 13.8. The van der Waals surface area contributed by atoms with Crippen LogP contribution in [0, 0.1) is 18.3 Å². The second-order valence-corrected chi connectivity index (χ2v) is 10.9. The van der Waals surface area contributed by atoms with E-state index in [9.17, 15) is 9.83 Å². The lowest BCUT2D eigenvalue weighted by Crippen LogP contribution is -2.20. The van der Waals surface area contributed by atoms with Crippen LogP contribution in [0.1, 0.15) is 35.5 Å². The van der Waals surface area contributed by atoms with Crippen LogP contribution in [-0.2, 0) is 18.0 Å². The largest absolute Gasteiger partial charge is 0.482 e. The zero-order valence-electron chi connectivity index (χ0n) is 17.4. The van der Waals surface area contributed by atoms with Crippen molar-refractivity contribution in [3.8, 4) is 23.1 Å². The number of nitrogens with two attached hydrogens (primary N) is 1. The molecule has 0 fully saturated rings. The van der Waals surface area contributed by atoms with Gasteiger partial charge in [0, 0.05) is 30.1 Å². The molecule has 1 aliphatic heterocycles. The van der Waals surface area contributed by atoms with Crippen LogP contribution in [0.25, 0.3) is 11.3 Å². The molecule has 1 aliphatic rings. The van der Waals surface area contributed by atoms with E-state index in [-0.39, 0.29) is 5.82 Å². The third-order valence-corrected chi connectivity index (χ3v) is 7.98. The standard InChI is InChI=1S/C21H23N6O2P/c1-12-5-6-19-14(9-12)13(2)29-18-10-16(24-25-21(18)23)20-15(7-8-30(19,4)28)26-27(3)17(20)11-22/h5-6,9-10,13H,7-8H2,1-4H3,(H2,23,25)/t13-,30?/m1/s1. The highest BCUT2D eigenvalue weighted by molar-refractivity contribution is 7.71. The third kappa shape index (κ3) is 3.35. The summed E-state index contributed by atoms with van der Waals surface area (Å²) in [6, 6.07) is 9.78. The Morgan fingerprint density at radius 2 is 2.10 bits per heavy atom. The Morgan fingerprint density at radius 3 is 2.83 bits per heavy atom. The fourth-order valence-electron chi connectivity index (χ4n) is 3.88. The highest BCUT2D eigenvalue weighted by Gasteiger charge is 2.29. The molecule has 3 heterocycles. The SMILES string of the molecule is Cc1ccc2c(c1)[C@@H](C)Oc1cc(nnc1N)-c1c(nn(C)c1C#N)CCP2(C)=O. The zero-order valence-corrected chi connectivity index (χ0v) is 18.3. The molecule has 0 saturated heterocycles. The monoisotopic (exact) mass is 422 g/mol. The summed E-state index contributed by atoms with van der Waals surface area (Å²) in [6.45, 7) is 5.69. The van der Waals surface area contributed by atoms with Gasteiger partial charge in [-0.2, -0.15) is 10.4 Å². The topological polar surface area (TPSA) is 120 Å². The number of benzene rings is 1. The number of fused-ring (bicyclic) bond motifs is 5. The van der Waals surface area contributed by atoms with Crippen LogP contribution in [0.4, 0.5) is 5.82 Å². The van der Waals surface area contributed by atoms with Crippen LogP contribution < -0.4 is 15.8 Å². The van der Waals surface area contributed by atoms with Crippen molar-refractivity contribution in [3.05, 3.63) is 46.8 Å². The molecule has 2 aromatic heterocycles. The molecule has 4 rings (SSSR count). The Labute approximate surface area is 175 Å². The minimum Gasteiger partial charge on any atom is -0.482 e. The average molecular weight is 422 g/mol. The molecule has 0 amide bonds. The number of nitriles is 1. The quantitative estimate of drug-likeness (QED) is 0.553. The summed E-state index contributed by atoms with van der Waals surface area (Å²) in [6.07, 6.45) is 0.471. The first-order chi connectivity index (χ1) is 14.2. The minimum absolute atomic E-state index is 0.153. The number of hydrogen-bond donors (Lipinski definition) is 1. The smallest absolute Gasteiger partial charge is 0.188 e. The van der Waals surface area contributed by atoms with Crippen LogP contribution in [-0.4, -0.2) is 32.8 Å². The van der Waals surface area contributed by atoms with Gasteiger partial charge in [-0.1, -0.05) is 23.8 Å². The van der Waals surface area contributed by atoms with Gasteiger partial charge in [-0.25, -0.2) is 0 Å². The number of ether oxygens (including phenoxy) is 1. The molecule has 1 unspecified atom stereocenters. The number of anilines is 1. The lowest BCUT2D eigenvalue weighted by atomic mass is 10.1. The molecule has 0 saturated carbocycles.